The van der Waals surface area contributed by atoms with E-state index in [0.29, 0.717) is 28.2 Å². The van der Waals surface area contributed by atoms with Crippen LogP contribution in [-0.2, 0) is 10.0 Å². The number of pyridine rings is 2. The van der Waals surface area contributed by atoms with E-state index in [1.807, 2.05) is 0 Å². The van der Waals surface area contributed by atoms with Crippen molar-refractivity contribution in [2.75, 3.05) is 11.8 Å². The molecule has 0 atom stereocenters. The van der Waals surface area contributed by atoms with Crippen molar-refractivity contribution in [3.05, 3.63) is 75.8 Å². The van der Waals surface area contributed by atoms with E-state index in [4.69, 9.17) is 16.3 Å². The minimum atomic E-state index is -3.94. The Hall–Kier alpha value is -3.94. The van der Waals surface area contributed by atoms with Crippen molar-refractivity contribution in [2.45, 2.75) is 30.6 Å². The van der Waals surface area contributed by atoms with Gasteiger partial charge in [-0.2, -0.15) is 5.10 Å². The molecule has 188 valence electrons. The zero-order chi connectivity index (χ0) is 26.0. The maximum Gasteiger partial charge on any atom is 0.263 e. The molecule has 5 rings (SSSR count). The molecule has 0 bridgehead atoms. The van der Waals surface area contributed by atoms with Crippen LogP contribution in [0, 0.1) is 17.8 Å². The summed E-state index contributed by atoms with van der Waals surface area (Å²) in [5.41, 5.74) is 0.794. The number of methoxy groups -OCH3 is 1. The molecule has 1 N–H and O–H groups in total. The van der Waals surface area contributed by atoms with Gasteiger partial charge in [0.1, 0.15) is 11.4 Å². The maximum atomic E-state index is 13.0. The van der Waals surface area contributed by atoms with Crippen molar-refractivity contribution >= 4 is 38.3 Å². The van der Waals surface area contributed by atoms with E-state index in [1.165, 1.54) is 55.0 Å². The summed E-state index contributed by atoms with van der Waals surface area (Å²) in [7, 11) is -2.49. The molecule has 0 saturated heterocycles. The Labute approximate surface area is 218 Å². The normalized spacial score (nSPS) is 13.8. The van der Waals surface area contributed by atoms with Crippen molar-refractivity contribution in [3.8, 4) is 23.4 Å². The average molecular weight is 536 g/mol. The van der Waals surface area contributed by atoms with E-state index in [0.717, 1.165) is 12.8 Å². The molecule has 37 heavy (non-hydrogen) atoms. The number of nitrogens with zero attached hydrogens (tertiary/aromatic N) is 4. The van der Waals surface area contributed by atoms with Crippen LogP contribution in [0.3, 0.4) is 0 Å². The zero-order valence-corrected chi connectivity index (χ0v) is 21.4. The van der Waals surface area contributed by atoms with Crippen LogP contribution < -0.4 is 15.0 Å². The third-order valence-corrected chi connectivity index (χ3v) is 7.73. The quantitative estimate of drug-likeness (QED) is 0.381. The number of halogens is 1. The van der Waals surface area contributed by atoms with Crippen molar-refractivity contribution in [2.24, 2.45) is 5.92 Å². The van der Waals surface area contributed by atoms with Gasteiger partial charge in [0.15, 0.2) is 5.82 Å². The number of sulfonamides is 1. The minimum absolute atomic E-state index is 0.00323. The van der Waals surface area contributed by atoms with Gasteiger partial charge in [0, 0.05) is 23.6 Å². The van der Waals surface area contributed by atoms with E-state index in [1.54, 1.807) is 24.3 Å². The Morgan fingerprint density at radius 2 is 1.95 bits per heavy atom. The molecule has 0 aliphatic heterocycles. The number of ether oxygens (including phenoxy) is 1. The molecule has 0 amide bonds. The third kappa shape index (κ3) is 5.14. The molecule has 0 radical (unpaired) electrons. The van der Waals surface area contributed by atoms with Gasteiger partial charge in [0.2, 0.25) is 5.88 Å². The number of nitrogens with one attached hydrogen (secondary N) is 1. The van der Waals surface area contributed by atoms with Gasteiger partial charge in [0.25, 0.3) is 15.6 Å². The maximum absolute atomic E-state index is 13.0. The number of fused-ring (bicyclic) bond motifs is 1. The smallest absolute Gasteiger partial charge is 0.263 e. The largest absolute Gasteiger partial charge is 0.479 e. The predicted octanol–water partition coefficient (Wildman–Crippen LogP) is 4.18. The third-order valence-electron chi connectivity index (χ3n) is 6.09. The monoisotopic (exact) mass is 535 g/mol. The van der Waals surface area contributed by atoms with Gasteiger partial charge in [-0.15, -0.1) is 5.10 Å². The van der Waals surface area contributed by atoms with E-state index in [9.17, 15) is 13.2 Å². The molecule has 1 saturated carbocycles. The van der Waals surface area contributed by atoms with Gasteiger partial charge in [-0.3, -0.25) is 14.1 Å². The molecule has 0 spiro atoms. The summed E-state index contributed by atoms with van der Waals surface area (Å²) >= 11 is 6.52. The highest BCUT2D eigenvalue weighted by atomic mass is 35.5. The highest BCUT2D eigenvalue weighted by molar-refractivity contribution is 7.92. The Morgan fingerprint density at radius 1 is 1.14 bits per heavy atom. The highest BCUT2D eigenvalue weighted by Crippen LogP contribution is 2.30. The summed E-state index contributed by atoms with van der Waals surface area (Å²) < 4.78 is 35.1. The van der Waals surface area contributed by atoms with E-state index < -0.39 is 10.0 Å². The van der Waals surface area contributed by atoms with Crippen molar-refractivity contribution in [3.63, 3.8) is 0 Å². The summed E-state index contributed by atoms with van der Waals surface area (Å²) in [6.07, 6.45) is 5.92. The molecule has 0 unspecified atom stereocenters. The second-order valence-electron chi connectivity index (χ2n) is 8.54. The first-order valence-electron chi connectivity index (χ1n) is 11.6. The number of hydrogen-bond acceptors (Lipinski definition) is 7. The number of rotatable bonds is 5. The predicted molar refractivity (Wildman–Crippen MR) is 141 cm³/mol. The molecule has 9 nitrogen and oxygen atoms in total. The number of benzene rings is 1. The molecule has 1 aliphatic carbocycles. The lowest BCUT2D eigenvalue weighted by molar-refractivity contribution is 0.395. The molecule has 1 aliphatic rings. The first-order chi connectivity index (χ1) is 17.9. The SMILES string of the molecule is COc1nc(C#CC2CCCC2)c(Cl)cc1-n1c(=O)ccc2cc(S(=O)(=O)Nc3cccnn3)ccc21. The van der Waals surface area contributed by atoms with E-state index >= 15 is 0 Å². The first-order valence-corrected chi connectivity index (χ1v) is 13.4. The van der Waals surface area contributed by atoms with Crippen LogP contribution in [0.15, 0.2) is 64.4 Å². The fourth-order valence-electron chi connectivity index (χ4n) is 4.29. The van der Waals surface area contributed by atoms with E-state index in [-0.39, 0.29) is 27.2 Å². The molecule has 1 aromatic carbocycles. The lowest BCUT2D eigenvalue weighted by Crippen LogP contribution is -2.19. The Kier molecular flexibility index (Phi) is 6.82. The lowest BCUT2D eigenvalue weighted by atomic mass is 10.1. The molecule has 4 aromatic rings. The van der Waals surface area contributed by atoms with Crippen LogP contribution in [0.1, 0.15) is 31.4 Å². The van der Waals surface area contributed by atoms with Crippen LogP contribution in [0.25, 0.3) is 16.6 Å². The molecule has 11 heteroatoms. The number of anilines is 1. The molecular formula is C26H22ClN5O4S. The van der Waals surface area contributed by atoms with Crippen LogP contribution in [0.5, 0.6) is 5.88 Å². The summed E-state index contributed by atoms with van der Waals surface area (Å²) in [6.45, 7) is 0. The summed E-state index contributed by atoms with van der Waals surface area (Å²) in [5.74, 6) is 6.90. The molecule has 3 heterocycles. The van der Waals surface area contributed by atoms with Crippen LogP contribution in [-0.4, -0.2) is 35.3 Å². The molecular weight excluding hydrogens is 514 g/mol. The minimum Gasteiger partial charge on any atom is -0.479 e. The Morgan fingerprint density at radius 3 is 2.68 bits per heavy atom. The van der Waals surface area contributed by atoms with Gasteiger partial charge in [-0.25, -0.2) is 13.4 Å². The van der Waals surface area contributed by atoms with Gasteiger partial charge >= 0.3 is 0 Å². The van der Waals surface area contributed by atoms with Crippen molar-refractivity contribution in [1.29, 1.82) is 0 Å². The Bertz CT molecular complexity index is 1710. The standard InChI is InChI=1S/C26H22ClN5O4S/c1-36-26-23(16-20(27)21(29-26)11-8-17-5-2-3-6-17)32-22-12-10-19(15-18(22)9-13-25(32)33)37(34,35)31-24-7-4-14-28-30-24/h4,7,9-10,12-17H,2-3,5-6H2,1H3,(H,30,31). The fourth-order valence-corrected chi connectivity index (χ4v) is 5.52. The van der Waals surface area contributed by atoms with Crippen LogP contribution >= 0.6 is 11.6 Å². The molecule has 3 aromatic heterocycles. The summed E-state index contributed by atoms with van der Waals surface area (Å²) in [4.78, 5) is 17.5. The zero-order valence-electron chi connectivity index (χ0n) is 19.8. The highest BCUT2D eigenvalue weighted by Gasteiger charge is 2.19. The number of hydrogen-bond donors (Lipinski definition) is 1. The van der Waals surface area contributed by atoms with Gasteiger partial charge < -0.3 is 4.74 Å². The average Bonchev–Trinajstić information content (AvgIpc) is 3.42. The van der Waals surface area contributed by atoms with E-state index in [2.05, 4.69) is 31.7 Å². The lowest BCUT2D eigenvalue weighted by Gasteiger charge is -2.15. The van der Waals surface area contributed by atoms with Crippen LogP contribution in [0.4, 0.5) is 5.82 Å². The van der Waals surface area contributed by atoms with Gasteiger partial charge in [-0.05, 0) is 61.2 Å². The summed E-state index contributed by atoms with van der Waals surface area (Å²) in [6, 6.07) is 12.0. The second kappa shape index (κ2) is 10.2. The van der Waals surface area contributed by atoms with Crippen molar-refractivity contribution < 1.29 is 13.2 Å². The van der Waals surface area contributed by atoms with Gasteiger partial charge in [0.05, 0.1) is 22.5 Å². The second-order valence-corrected chi connectivity index (χ2v) is 10.6. The van der Waals surface area contributed by atoms with Crippen molar-refractivity contribution in [1.82, 2.24) is 19.7 Å². The van der Waals surface area contributed by atoms with Crippen LogP contribution in [0.2, 0.25) is 5.02 Å². The number of aromatic nitrogens is 4. The Balaban J connectivity index is 1.57. The fraction of sp³-hybridized carbons (Fsp3) is 0.231. The molecule has 1 fully saturated rings. The first kappa shape index (κ1) is 24.7. The topological polar surface area (TPSA) is 116 Å². The van der Waals surface area contributed by atoms with Gasteiger partial charge in [-0.1, -0.05) is 30.4 Å². The summed E-state index contributed by atoms with van der Waals surface area (Å²) in [5, 5.41) is 8.23.